The highest BCUT2D eigenvalue weighted by molar-refractivity contribution is 7.20. The number of imidazole rings is 1. The van der Waals surface area contributed by atoms with Crippen LogP contribution in [0.15, 0.2) is 35.9 Å². The van der Waals surface area contributed by atoms with Crippen molar-refractivity contribution in [1.29, 1.82) is 0 Å². The normalized spacial score (nSPS) is 14.6. The Hall–Kier alpha value is -3.73. The average molecular weight is 508 g/mol. The van der Waals surface area contributed by atoms with Crippen LogP contribution >= 0.6 is 11.3 Å². The predicted molar refractivity (Wildman–Crippen MR) is 141 cm³/mol. The molecule has 1 aliphatic rings. The summed E-state index contributed by atoms with van der Waals surface area (Å²) in [6.45, 7) is 15.9. The molecular formula is C25H29N7O3S. The Morgan fingerprint density at radius 3 is 2.47 bits per heavy atom. The molecule has 0 N–H and O–H groups in total. The number of hydrogen-bond acceptors (Lipinski definition) is 8. The van der Waals surface area contributed by atoms with Gasteiger partial charge in [0, 0.05) is 44.0 Å². The second-order valence-electron chi connectivity index (χ2n) is 10.0. The zero-order chi connectivity index (χ0) is 25.8. The second kappa shape index (κ2) is 8.74. The topological polar surface area (TPSA) is 97.3 Å². The van der Waals surface area contributed by atoms with Gasteiger partial charge in [-0.25, -0.2) is 19.3 Å². The van der Waals surface area contributed by atoms with Crippen molar-refractivity contribution < 1.29 is 9.53 Å². The Kier molecular flexibility index (Phi) is 5.82. The van der Waals surface area contributed by atoms with Crippen LogP contribution < -0.4 is 10.5 Å². The number of ether oxygens (including phenoxy) is 1. The standard InChI is InChI=1S/C25H29N7O3S/c1-15(2)17-11-19(28-32-13-16(3)26-22(17)32)18-12-20(33)31-14-21(36-23(31)27-18)29-7-9-30(10-8-29)24(34)35-25(4,5)6/h11-14H,1,7-10H2,2-6H3. The number of hydrogen-bond donors (Lipinski definition) is 0. The lowest BCUT2D eigenvalue weighted by atomic mass is 10.1. The summed E-state index contributed by atoms with van der Waals surface area (Å²) in [6, 6.07) is 3.39. The first-order chi connectivity index (χ1) is 17.0. The maximum absolute atomic E-state index is 13.0. The molecule has 0 radical (unpaired) electrons. The highest BCUT2D eigenvalue weighted by Crippen LogP contribution is 2.28. The van der Waals surface area contributed by atoms with E-state index in [-0.39, 0.29) is 11.7 Å². The number of nitrogens with zero attached hydrogens (tertiary/aromatic N) is 7. The van der Waals surface area contributed by atoms with E-state index in [1.54, 1.807) is 13.8 Å². The van der Waals surface area contributed by atoms with Gasteiger partial charge in [0.05, 0.1) is 17.6 Å². The van der Waals surface area contributed by atoms with E-state index in [2.05, 4.69) is 21.6 Å². The molecular weight excluding hydrogens is 478 g/mol. The van der Waals surface area contributed by atoms with E-state index in [1.807, 2.05) is 53.1 Å². The Morgan fingerprint density at radius 2 is 1.81 bits per heavy atom. The van der Waals surface area contributed by atoms with E-state index in [9.17, 15) is 9.59 Å². The molecule has 4 aromatic rings. The highest BCUT2D eigenvalue weighted by Gasteiger charge is 2.27. The van der Waals surface area contributed by atoms with Gasteiger partial charge in [0.25, 0.3) is 5.56 Å². The lowest BCUT2D eigenvalue weighted by Crippen LogP contribution is -2.50. The Labute approximate surface area is 212 Å². The third-order valence-electron chi connectivity index (χ3n) is 5.87. The zero-order valence-corrected chi connectivity index (χ0v) is 21.9. The predicted octanol–water partition coefficient (Wildman–Crippen LogP) is 3.86. The quantitative estimate of drug-likeness (QED) is 0.415. The van der Waals surface area contributed by atoms with Gasteiger partial charge in [0.2, 0.25) is 0 Å². The fraction of sp³-hybridized carbons (Fsp3) is 0.400. The van der Waals surface area contributed by atoms with Crippen LogP contribution in [0.25, 0.3) is 27.6 Å². The zero-order valence-electron chi connectivity index (χ0n) is 21.1. The Bertz CT molecular complexity index is 1550. The molecule has 188 valence electrons. The SMILES string of the molecule is C=C(C)c1cc(-c2cc(=O)n3cc(N4CCN(C(=O)OC(C)(C)C)CC4)sc3n2)nn2cc(C)nc12. The average Bonchev–Trinajstić information content (AvgIpc) is 3.40. The number of piperazine rings is 1. The number of carbonyl (C=O) groups excluding carboxylic acids is 1. The molecule has 0 bridgehead atoms. The maximum atomic E-state index is 13.0. The van der Waals surface area contributed by atoms with Crippen molar-refractivity contribution in [2.45, 2.75) is 40.2 Å². The molecule has 5 rings (SSSR count). The van der Waals surface area contributed by atoms with Crippen LogP contribution in [-0.2, 0) is 4.74 Å². The summed E-state index contributed by atoms with van der Waals surface area (Å²) in [6.07, 6.45) is 3.36. The third-order valence-corrected chi connectivity index (χ3v) is 6.91. The van der Waals surface area contributed by atoms with Crippen LogP contribution in [0.3, 0.4) is 0 Å². The first kappa shape index (κ1) is 24.0. The number of allylic oxidation sites excluding steroid dienone is 1. The van der Waals surface area contributed by atoms with Gasteiger partial charge in [-0.2, -0.15) is 5.10 Å². The van der Waals surface area contributed by atoms with Crippen molar-refractivity contribution in [2.75, 3.05) is 31.1 Å². The number of fused-ring (bicyclic) bond motifs is 2. The van der Waals surface area contributed by atoms with Crippen molar-refractivity contribution >= 4 is 38.6 Å². The van der Waals surface area contributed by atoms with E-state index in [1.165, 1.54) is 17.4 Å². The number of aryl methyl sites for hydroxylation is 1. The molecule has 11 heteroatoms. The van der Waals surface area contributed by atoms with Crippen molar-refractivity contribution in [1.82, 2.24) is 28.9 Å². The number of anilines is 1. The monoisotopic (exact) mass is 507 g/mol. The molecule has 0 spiro atoms. The molecule has 1 amide bonds. The molecule has 0 aliphatic carbocycles. The lowest BCUT2D eigenvalue weighted by Gasteiger charge is -2.35. The molecule has 0 aromatic carbocycles. The van der Waals surface area contributed by atoms with Crippen molar-refractivity contribution in [3.63, 3.8) is 0 Å². The minimum absolute atomic E-state index is 0.175. The van der Waals surface area contributed by atoms with E-state index >= 15 is 0 Å². The van der Waals surface area contributed by atoms with E-state index in [0.717, 1.165) is 27.5 Å². The van der Waals surface area contributed by atoms with Gasteiger partial charge < -0.3 is 14.5 Å². The molecule has 0 unspecified atom stereocenters. The summed E-state index contributed by atoms with van der Waals surface area (Å²) in [5, 5.41) is 5.58. The van der Waals surface area contributed by atoms with Crippen molar-refractivity contribution in [3.8, 4) is 11.4 Å². The highest BCUT2D eigenvalue weighted by atomic mass is 32.1. The molecule has 1 aliphatic heterocycles. The second-order valence-corrected chi connectivity index (χ2v) is 11.0. The van der Waals surface area contributed by atoms with Crippen molar-refractivity contribution in [3.05, 3.63) is 52.7 Å². The maximum Gasteiger partial charge on any atom is 0.410 e. The van der Waals surface area contributed by atoms with Gasteiger partial charge in [-0.3, -0.25) is 9.20 Å². The number of amides is 1. The summed E-state index contributed by atoms with van der Waals surface area (Å²) in [4.78, 5) is 39.2. The summed E-state index contributed by atoms with van der Waals surface area (Å²) in [5.74, 6) is 0. The van der Waals surface area contributed by atoms with E-state index in [4.69, 9.17) is 9.72 Å². The third kappa shape index (κ3) is 4.58. The van der Waals surface area contributed by atoms with Gasteiger partial charge >= 0.3 is 6.09 Å². The molecule has 4 aromatic heterocycles. The van der Waals surface area contributed by atoms with E-state index < -0.39 is 5.60 Å². The first-order valence-electron chi connectivity index (χ1n) is 11.8. The minimum Gasteiger partial charge on any atom is -0.444 e. The number of carbonyl (C=O) groups is 1. The van der Waals surface area contributed by atoms with Gasteiger partial charge in [0.1, 0.15) is 16.3 Å². The largest absolute Gasteiger partial charge is 0.444 e. The molecule has 36 heavy (non-hydrogen) atoms. The van der Waals surface area contributed by atoms with Gasteiger partial charge in [-0.1, -0.05) is 17.9 Å². The van der Waals surface area contributed by atoms with Crippen LogP contribution in [0.2, 0.25) is 0 Å². The fourth-order valence-electron chi connectivity index (χ4n) is 4.13. The van der Waals surface area contributed by atoms with Crippen LogP contribution in [0, 0.1) is 6.92 Å². The number of aromatic nitrogens is 5. The Balaban J connectivity index is 1.43. The fourth-order valence-corrected chi connectivity index (χ4v) is 5.18. The molecule has 1 fully saturated rings. The summed E-state index contributed by atoms with van der Waals surface area (Å²) in [7, 11) is 0. The Morgan fingerprint density at radius 1 is 1.08 bits per heavy atom. The first-order valence-corrected chi connectivity index (χ1v) is 12.6. The molecule has 0 saturated carbocycles. The van der Waals surface area contributed by atoms with Crippen LogP contribution in [0.1, 0.15) is 39.0 Å². The summed E-state index contributed by atoms with van der Waals surface area (Å²) < 4.78 is 8.76. The van der Waals surface area contributed by atoms with Gasteiger partial charge in [-0.15, -0.1) is 0 Å². The van der Waals surface area contributed by atoms with Gasteiger partial charge in [0.15, 0.2) is 10.6 Å². The summed E-state index contributed by atoms with van der Waals surface area (Å²) in [5.41, 5.74) is 3.68. The molecule has 5 heterocycles. The van der Waals surface area contributed by atoms with Crippen molar-refractivity contribution in [2.24, 2.45) is 0 Å². The smallest absolute Gasteiger partial charge is 0.410 e. The number of rotatable bonds is 3. The van der Waals surface area contributed by atoms with Crippen LogP contribution in [0.5, 0.6) is 0 Å². The lowest BCUT2D eigenvalue weighted by molar-refractivity contribution is 0.0241. The number of thiazole rings is 1. The summed E-state index contributed by atoms with van der Waals surface area (Å²) >= 11 is 1.44. The van der Waals surface area contributed by atoms with E-state index in [0.29, 0.717) is 42.5 Å². The minimum atomic E-state index is -0.522. The molecule has 10 nitrogen and oxygen atoms in total. The molecule has 1 saturated heterocycles. The molecule has 0 atom stereocenters. The van der Waals surface area contributed by atoms with Crippen LogP contribution in [-0.4, -0.2) is 66.8 Å². The van der Waals surface area contributed by atoms with Gasteiger partial charge in [-0.05, 0) is 46.3 Å². The van der Waals surface area contributed by atoms with Crippen LogP contribution in [0.4, 0.5) is 9.80 Å².